The third kappa shape index (κ3) is 2.76. The average molecular weight is 255 g/mol. The van der Waals surface area contributed by atoms with Gasteiger partial charge in [-0.25, -0.2) is 4.98 Å². The summed E-state index contributed by atoms with van der Waals surface area (Å²) in [5.74, 6) is 1.04. The van der Waals surface area contributed by atoms with Gasteiger partial charge in [-0.15, -0.1) is 6.58 Å². The molecular formula is C16H21N3. The minimum absolute atomic E-state index is 0.818. The van der Waals surface area contributed by atoms with Crippen LogP contribution in [0.2, 0.25) is 0 Å². The first-order chi connectivity index (χ1) is 9.31. The van der Waals surface area contributed by atoms with E-state index in [2.05, 4.69) is 53.0 Å². The van der Waals surface area contributed by atoms with Gasteiger partial charge in [0.2, 0.25) is 0 Å². The molecule has 1 aromatic carbocycles. The zero-order valence-electron chi connectivity index (χ0n) is 11.7. The lowest BCUT2D eigenvalue weighted by Crippen LogP contribution is -2.24. The Balaban J connectivity index is 2.57. The highest BCUT2D eigenvalue weighted by molar-refractivity contribution is 5.94. The Labute approximate surface area is 115 Å². The third-order valence-corrected chi connectivity index (χ3v) is 3.25. The number of rotatable bonds is 6. The van der Waals surface area contributed by atoms with Gasteiger partial charge in [0.1, 0.15) is 5.82 Å². The van der Waals surface area contributed by atoms with Crippen molar-refractivity contribution in [1.29, 1.82) is 0 Å². The van der Waals surface area contributed by atoms with E-state index in [1.54, 1.807) is 0 Å². The van der Waals surface area contributed by atoms with E-state index in [1.807, 2.05) is 19.3 Å². The van der Waals surface area contributed by atoms with Crippen LogP contribution in [0, 0.1) is 0 Å². The van der Waals surface area contributed by atoms with E-state index in [9.17, 15) is 0 Å². The Morgan fingerprint density at radius 1 is 1.32 bits per heavy atom. The fourth-order valence-corrected chi connectivity index (χ4v) is 2.34. The largest absolute Gasteiger partial charge is 0.353 e. The van der Waals surface area contributed by atoms with Crippen molar-refractivity contribution in [2.45, 2.75) is 13.5 Å². The molecule has 19 heavy (non-hydrogen) atoms. The maximum atomic E-state index is 4.65. The molecule has 1 heterocycles. The summed E-state index contributed by atoms with van der Waals surface area (Å²) in [7, 11) is 1.96. The van der Waals surface area contributed by atoms with E-state index in [-0.39, 0.29) is 0 Å². The van der Waals surface area contributed by atoms with Crippen molar-refractivity contribution in [1.82, 2.24) is 10.3 Å². The van der Waals surface area contributed by atoms with Gasteiger partial charge in [0.25, 0.3) is 0 Å². The lowest BCUT2D eigenvalue weighted by molar-refractivity contribution is 0.817. The summed E-state index contributed by atoms with van der Waals surface area (Å²) in [6.07, 6.45) is 3.89. The number of fused-ring (bicyclic) bond motifs is 1. The van der Waals surface area contributed by atoms with Crippen molar-refractivity contribution in [3.63, 3.8) is 0 Å². The second-order valence-electron chi connectivity index (χ2n) is 4.51. The molecule has 1 aromatic heterocycles. The summed E-state index contributed by atoms with van der Waals surface area (Å²) in [6, 6.07) is 8.45. The van der Waals surface area contributed by atoms with Gasteiger partial charge >= 0.3 is 0 Å². The fourth-order valence-electron chi connectivity index (χ4n) is 2.34. The maximum Gasteiger partial charge on any atom is 0.136 e. The maximum absolute atomic E-state index is 4.65. The van der Waals surface area contributed by atoms with Crippen LogP contribution >= 0.6 is 0 Å². The topological polar surface area (TPSA) is 28.2 Å². The van der Waals surface area contributed by atoms with Gasteiger partial charge in [0, 0.05) is 31.2 Å². The molecule has 1 N–H and O–H groups in total. The lowest BCUT2D eigenvalue weighted by Gasteiger charge is -2.22. The van der Waals surface area contributed by atoms with E-state index >= 15 is 0 Å². The highest BCUT2D eigenvalue weighted by atomic mass is 15.2. The molecule has 0 unspecified atom stereocenters. The summed E-state index contributed by atoms with van der Waals surface area (Å²) in [5.41, 5.74) is 1.23. The van der Waals surface area contributed by atoms with Gasteiger partial charge in [-0.05, 0) is 24.9 Å². The molecule has 0 aliphatic rings. The van der Waals surface area contributed by atoms with Crippen LogP contribution in [0.25, 0.3) is 10.8 Å². The van der Waals surface area contributed by atoms with Gasteiger partial charge in [-0.1, -0.05) is 30.3 Å². The summed E-state index contributed by atoms with van der Waals surface area (Å²) in [4.78, 5) is 6.89. The van der Waals surface area contributed by atoms with Crippen molar-refractivity contribution in [2.24, 2.45) is 0 Å². The second-order valence-corrected chi connectivity index (χ2v) is 4.51. The molecule has 0 radical (unpaired) electrons. The van der Waals surface area contributed by atoms with E-state index in [4.69, 9.17) is 0 Å². The number of anilines is 1. The summed E-state index contributed by atoms with van der Waals surface area (Å²) in [6.45, 7) is 8.54. The molecule has 0 atom stereocenters. The average Bonchev–Trinajstić information content (AvgIpc) is 2.46. The van der Waals surface area contributed by atoms with Crippen LogP contribution < -0.4 is 10.2 Å². The van der Waals surface area contributed by atoms with Crippen molar-refractivity contribution in [3.05, 3.63) is 48.7 Å². The molecule has 0 saturated heterocycles. The van der Waals surface area contributed by atoms with Gasteiger partial charge in [-0.2, -0.15) is 0 Å². The number of pyridine rings is 1. The van der Waals surface area contributed by atoms with Crippen molar-refractivity contribution in [3.8, 4) is 0 Å². The molecule has 0 bridgehead atoms. The number of benzene rings is 1. The van der Waals surface area contributed by atoms with Gasteiger partial charge in [-0.3, -0.25) is 0 Å². The zero-order valence-corrected chi connectivity index (χ0v) is 11.7. The van der Waals surface area contributed by atoms with Crippen LogP contribution in [-0.4, -0.2) is 25.1 Å². The Morgan fingerprint density at radius 3 is 2.68 bits per heavy atom. The standard InChI is InChI=1S/C16H21N3/c1-4-10-19(5-2)16-15-9-7-6-8-14(15)13(11-17-3)12-18-16/h4,6-9,12,17H,1,5,10-11H2,2-3H3. The predicted octanol–water partition coefficient (Wildman–Crippen LogP) is 2.97. The molecule has 2 rings (SSSR count). The van der Waals surface area contributed by atoms with Gasteiger partial charge in [0.15, 0.2) is 0 Å². The Hall–Kier alpha value is -1.87. The number of hydrogen-bond donors (Lipinski definition) is 1. The molecule has 0 amide bonds. The Morgan fingerprint density at radius 2 is 2.05 bits per heavy atom. The van der Waals surface area contributed by atoms with Crippen LogP contribution in [0.5, 0.6) is 0 Å². The first kappa shape index (κ1) is 13.6. The minimum Gasteiger partial charge on any atom is -0.353 e. The van der Waals surface area contributed by atoms with E-state index in [0.717, 1.165) is 25.5 Å². The first-order valence-electron chi connectivity index (χ1n) is 6.68. The predicted molar refractivity (Wildman–Crippen MR) is 82.6 cm³/mol. The number of hydrogen-bond acceptors (Lipinski definition) is 3. The molecular weight excluding hydrogens is 234 g/mol. The molecule has 3 heteroatoms. The van der Waals surface area contributed by atoms with E-state index < -0.39 is 0 Å². The fraction of sp³-hybridized carbons (Fsp3) is 0.312. The summed E-state index contributed by atoms with van der Waals surface area (Å²) >= 11 is 0. The van der Waals surface area contributed by atoms with Crippen LogP contribution in [0.1, 0.15) is 12.5 Å². The highest BCUT2D eigenvalue weighted by Crippen LogP contribution is 2.27. The third-order valence-electron chi connectivity index (χ3n) is 3.25. The lowest BCUT2D eigenvalue weighted by atomic mass is 10.1. The van der Waals surface area contributed by atoms with E-state index in [1.165, 1.54) is 16.3 Å². The number of nitrogens with zero attached hydrogens (tertiary/aromatic N) is 2. The van der Waals surface area contributed by atoms with Crippen LogP contribution in [0.15, 0.2) is 43.1 Å². The normalized spacial score (nSPS) is 10.6. The SMILES string of the molecule is C=CCN(CC)c1ncc(CNC)c2ccccc12. The first-order valence-corrected chi connectivity index (χ1v) is 6.68. The number of nitrogens with one attached hydrogen (secondary N) is 1. The van der Waals surface area contributed by atoms with Gasteiger partial charge in [0.05, 0.1) is 0 Å². The molecule has 100 valence electrons. The Bertz CT molecular complexity index is 563. The molecule has 0 spiro atoms. The molecule has 0 saturated carbocycles. The van der Waals surface area contributed by atoms with Crippen molar-refractivity contribution >= 4 is 16.6 Å². The second kappa shape index (κ2) is 6.34. The van der Waals surface area contributed by atoms with Crippen LogP contribution in [-0.2, 0) is 6.54 Å². The molecule has 0 aliphatic carbocycles. The van der Waals surface area contributed by atoms with Crippen LogP contribution in [0.3, 0.4) is 0 Å². The smallest absolute Gasteiger partial charge is 0.136 e. The highest BCUT2D eigenvalue weighted by Gasteiger charge is 2.11. The number of likely N-dealkylation sites (N-methyl/N-ethyl adjacent to an activating group) is 1. The van der Waals surface area contributed by atoms with Crippen molar-refractivity contribution in [2.75, 3.05) is 25.0 Å². The Kier molecular flexibility index (Phi) is 4.53. The minimum atomic E-state index is 0.818. The summed E-state index contributed by atoms with van der Waals surface area (Å²) in [5, 5.41) is 5.67. The van der Waals surface area contributed by atoms with Crippen LogP contribution in [0.4, 0.5) is 5.82 Å². The quantitative estimate of drug-likeness (QED) is 0.804. The molecule has 2 aromatic rings. The zero-order chi connectivity index (χ0) is 13.7. The van der Waals surface area contributed by atoms with Gasteiger partial charge < -0.3 is 10.2 Å². The molecule has 0 aliphatic heterocycles. The monoisotopic (exact) mass is 255 g/mol. The molecule has 0 fully saturated rings. The van der Waals surface area contributed by atoms with E-state index in [0.29, 0.717) is 0 Å². The summed E-state index contributed by atoms with van der Waals surface area (Å²) < 4.78 is 0. The molecule has 3 nitrogen and oxygen atoms in total. The van der Waals surface area contributed by atoms with Crippen molar-refractivity contribution < 1.29 is 0 Å². The number of aromatic nitrogens is 1.